The van der Waals surface area contributed by atoms with E-state index in [4.69, 9.17) is 13.9 Å². The van der Waals surface area contributed by atoms with Crippen LogP contribution in [0.1, 0.15) is 31.9 Å². The molecule has 0 fully saturated rings. The summed E-state index contributed by atoms with van der Waals surface area (Å²) in [5.74, 6) is 2.49. The van der Waals surface area contributed by atoms with E-state index in [1.54, 1.807) is 20.3 Å². The molecular weight excluding hydrogens is 414 g/mol. The molecule has 4 nitrogen and oxygen atoms in total. The van der Waals surface area contributed by atoms with Crippen LogP contribution in [-0.2, 0) is 11.0 Å². The maximum absolute atomic E-state index is 6.82. The van der Waals surface area contributed by atoms with Crippen LogP contribution >= 0.6 is 0 Å². The molecule has 0 atom stereocenters. The third-order valence-corrected chi connectivity index (χ3v) is 10.1. The van der Waals surface area contributed by atoms with E-state index in [1.807, 2.05) is 48.7 Å². The zero-order valence-corrected chi connectivity index (χ0v) is 21.5. The van der Waals surface area contributed by atoms with Crippen molar-refractivity contribution >= 4 is 14.4 Å². The van der Waals surface area contributed by atoms with Gasteiger partial charge in [0.15, 0.2) is 5.88 Å². The highest BCUT2D eigenvalue weighted by molar-refractivity contribution is 6.74. The minimum atomic E-state index is -2.09. The van der Waals surface area contributed by atoms with Crippen LogP contribution in [0.4, 0.5) is 0 Å². The average molecular weight is 452 g/mol. The van der Waals surface area contributed by atoms with Crippen molar-refractivity contribution in [1.29, 1.82) is 0 Å². The number of ether oxygens (including phenoxy) is 2. The van der Waals surface area contributed by atoms with Crippen LogP contribution in [0, 0.1) is 0 Å². The molecule has 32 heavy (non-hydrogen) atoms. The molecule has 172 valence electrons. The quantitative estimate of drug-likeness (QED) is 0.217. The van der Waals surface area contributed by atoms with Gasteiger partial charge in [0, 0.05) is 12.3 Å². The summed E-state index contributed by atoms with van der Waals surface area (Å²) >= 11 is 0. The monoisotopic (exact) mass is 451 g/mol. The van der Waals surface area contributed by atoms with Crippen molar-refractivity contribution in [2.24, 2.45) is 0 Å². The fraction of sp³-hybridized carbons (Fsp3) is 0.333. The number of methoxy groups -OCH3 is 2. The van der Waals surface area contributed by atoms with Gasteiger partial charge in [0.1, 0.15) is 11.5 Å². The molecule has 2 aromatic carbocycles. The first-order valence-corrected chi connectivity index (χ1v) is 13.7. The van der Waals surface area contributed by atoms with Crippen LogP contribution in [0.2, 0.25) is 18.1 Å². The van der Waals surface area contributed by atoms with Gasteiger partial charge in [-0.25, -0.2) is 0 Å². The van der Waals surface area contributed by atoms with Gasteiger partial charge in [0.2, 0.25) is 0 Å². The summed E-state index contributed by atoms with van der Waals surface area (Å²) < 4.78 is 17.4. The maximum Gasteiger partial charge on any atom is 0.252 e. The summed E-state index contributed by atoms with van der Waals surface area (Å²) in [6, 6.07) is 16.1. The van der Waals surface area contributed by atoms with Gasteiger partial charge in [-0.3, -0.25) is 0 Å². The van der Waals surface area contributed by atoms with Crippen molar-refractivity contribution in [1.82, 2.24) is 4.90 Å². The molecule has 0 aromatic heterocycles. The predicted molar refractivity (Wildman–Crippen MR) is 137 cm³/mol. The summed E-state index contributed by atoms with van der Waals surface area (Å²) in [6.45, 7) is 15.8. The number of nitrogens with zero attached hydrogens (tertiary/aromatic N) is 1. The van der Waals surface area contributed by atoms with Crippen LogP contribution in [0.25, 0.3) is 6.08 Å². The van der Waals surface area contributed by atoms with E-state index >= 15 is 0 Å². The molecule has 0 aliphatic heterocycles. The molecule has 0 aliphatic carbocycles. The second-order valence-corrected chi connectivity index (χ2v) is 13.9. The molecular formula is C27H37NO3Si. The Morgan fingerprint density at radius 2 is 1.47 bits per heavy atom. The molecule has 0 spiro atoms. The van der Waals surface area contributed by atoms with E-state index in [1.165, 1.54) is 0 Å². The molecule has 0 saturated heterocycles. The van der Waals surface area contributed by atoms with Crippen LogP contribution in [0.3, 0.4) is 0 Å². The van der Waals surface area contributed by atoms with Gasteiger partial charge in [-0.1, -0.05) is 57.7 Å². The minimum Gasteiger partial charge on any atom is -0.532 e. The van der Waals surface area contributed by atoms with Gasteiger partial charge in [-0.05, 0) is 59.6 Å². The minimum absolute atomic E-state index is 0.0694. The Balaban J connectivity index is 2.49. The summed E-state index contributed by atoms with van der Waals surface area (Å²) in [5.41, 5.74) is 2.20. The highest BCUT2D eigenvalue weighted by atomic mass is 28.4. The van der Waals surface area contributed by atoms with Gasteiger partial charge in [-0.15, -0.1) is 0 Å². The summed E-state index contributed by atoms with van der Waals surface area (Å²) in [5, 5.41) is 0.0694. The molecule has 0 bridgehead atoms. The normalized spacial score (nSPS) is 12.5. The van der Waals surface area contributed by atoms with Crippen molar-refractivity contribution in [3.05, 3.63) is 90.5 Å². The molecule has 2 rings (SSSR count). The highest BCUT2D eigenvalue weighted by Crippen LogP contribution is 2.39. The number of rotatable bonds is 10. The van der Waals surface area contributed by atoms with Gasteiger partial charge < -0.3 is 18.8 Å². The molecule has 0 radical (unpaired) electrons. The standard InChI is InChI=1S/C27H37NO3Si/c1-9-10-19-28(21-23-13-17-25(30-6)18-14-23)26(31-32(7,8)27(2,3)4)20-22-11-15-24(29-5)16-12-22/h9-20H,1,21H2,2-8H3/b19-10-,26-20+. The molecule has 0 amide bonds. The summed E-state index contributed by atoms with van der Waals surface area (Å²) in [4.78, 5) is 2.13. The second-order valence-electron chi connectivity index (χ2n) is 9.17. The van der Waals surface area contributed by atoms with Crippen LogP contribution in [0.15, 0.2) is 79.3 Å². The molecule has 5 heteroatoms. The van der Waals surface area contributed by atoms with Crippen molar-refractivity contribution < 1.29 is 13.9 Å². The lowest BCUT2D eigenvalue weighted by Gasteiger charge is -2.39. The van der Waals surface area contributed by atoms with E-state index in [0.29, 0.717) is 6.54 Å². The van der Waals surface area contributed by atoms with Crippen LogP contribution < -0.4 is 9.47 Å². The lowest BCUT2D eigenvalue weighted by atomic mass is 10.2. The van der Waals surface area contributed by atoms with Crippen molar-refractivity contribution in [3.63, 3.8) is 0 Å². The Labute approximate surface area is 194 Å². The zero-order chi connectivity index (χ0) is 23.8. The van der Waals surface area contributed by atoms with Crippen molar-refractivity contribution in [2.45, 2.75) is 45.4 Å². The van der Waals surface area contributed by atoms with Gasteiger partial charge >= 0.3 is 0 Å². The number of hydrogen-bond acceptors (Lipinski definition) is 4. The van der Waals surface area contributed by atoms with Gasteiger partial charge in [0.25, 0.3) is 8.32 Å². The third kappa shape index (κ3) is 7.06. The Morgan fingerprint density at radius 3 is 1.94 bits per heavy atom. The predicted octanol–water partition coefficient (Wildman–Crippen LogP) is 7.23. The lowest BCUT2D eigenvalue weighted by Crippen LogP contribution is -2.42. The van der Waals surface area contributed by atoms with Gasteiger partial charge in [0.05, 0.1) is 20.8 Å². The van der Waals surface area contributed by atoms with Crippen LogP contribution in [-0.4, -0.2) is 27.4 Å². The second kappa shape index (κ2) is 11.1. The number of benzene rings is 2. The first kappa shape index (κ1) is 25.3. The molecule has 0 saturated carbocycles. The fourth-order valence-corrected chi connectivity index (χ4v) is 3.73. The first-order valence-electron chi connectivity index (χ1n) is 10.8. The van der Waals surface area contributed by atoms with E-state index in [2.05, 4.69) is 63.6 Å². The third-order valence-electron chi connectivity index (χ3n) is 5.77. The van der Waals surface area contributed by atoms with Crippen molar-refractivity contribution in [3.8, 4) is 11.5 Å². The molecule has 0 aliphatic rings. The summed E-state index contributed by atoms with van der Waals surface area (Å²) in [7, 11) is 1.26. The van der Waals surface area contributed by atoms with E-state index < -0.39 is 8.32 Å². The highest BCUT2D eigenvalue weighted by Gasteiger charge is 2.40. The fourth-order valence-electron chi connectivity index (χ4n) is 2.72. The Bertz CT molecular complexity index is 923. The maximum atomic E-state index is 6.82. The number of allylic oxidation sites excluding steroid dienone is 2. The number of hydrogen-bond donors (Lipinski definition) is 0. The average Bonchev–Trinajstić information content (AvgIpc) is 2.76. The van der Waals surface area contributed by atoms with Crippen LogP contribution in [0.5, 0.6) is 11.5 Å². The van der Waals surface area contributed by atoms with E-state index in [-0.39, 0.29) is 5.04 Å². The molecule has 0 N–H and O–H groups in total. The Hall–Kier alpha value is -2.92. The Kier molecular flexibility index (Phi) is 8.78. The van der Waals surface area contributed by atoms with Crippen molar-refractivity contribution in [2.75, 3.05) is 14.2 Å². The first-order chi connectivity index (χ1) is 15.1. The molecule has 0 unspecified atom stereocenters. The SMILES string of the molecule is C=C/C=C\N(Cc1ccc(OC)cc1)/C(=C\c1ccc(OC)cc1)O[Si](C)(C)C(C)(C)C. The largest absolute Gasteiger partial charge is 0.532 e. The summed E-state index contributed by atoms with van der Waals surface area (Å²) in [6.07, 6.45) is 7.81. The lowest BCUT2D eigenvalue weighted by molar-refractivity contribution is 0.253. The van der Waals surface area contributed by atoms with Gasteiger partial charge in [-0.2, -0.15) is 0 Å². The Morgan fingerprint density at radius 1 is 0.938 bits per heavy atom. The van der Waals surface area contributed by atoms with E-state index in [0.717, 1.165) is 28.5 Å². The van der Waals surface area contributed by atoms with E-state index in [9.17, 15) is 0 Å². The molecule has 0 heterocycles. The topological polar surface area (TPSA) is 30.9 Å². The smallest absolute Gasteiger partial charge is 0.252 e. The zero-order valence-electron chi connectivity index (χ0n) is 20.5. The molecule has 2 aromatic rings.